The molecule has 21 heavy (non-hydrogen) atoms. The molecule has 0 radical (unpaired) electrons. The number of cyclic esters (lactones) is 1. The number of fused-ring (bicyclic) bond motifs is 1. The second kappa shape index (κ2) is 5.25. The normalized spacial score (nSPS) is 19.4. The zero-order valence-electron chi connectivity index (χ0n) is 11.9. The Labute approximate surface area is 121 Å². The molecule has 114 valence electrons. The van der Waals surface area contributed by atoms with Crippen molar-refractivity contribution >= 4 is 11.9 Å². The Morgan fingerprint density at radius 1 is 1.38 bits per heavy atom. The number of methoxy groups -OCH3 is 2. The number of carbonyl (C=O) groups is 2. The minimum atomic E-state index is -2.19. The van der Waals surface area contributed by atoms with E-state index >= 15 is 0 Å². The molecule has 0 spiro atoms. The van der Waals surface area contributed by atoms with Gasteiger partial charge in [-0.15, -0.1) is 0 Å². The van der Waals surface area contributed by atoms with Crippen molar-refractivity contribution in [3.63, 3.8) is 0 Å². The summed E-state index contributed by atoms with van der Waals surface area (Å²) in [6.07, 6.45) is -1.41. The Bertz CT molecular complexity index is 595. The number of ether oxygens (including phenoxy) is 3. The lowest BCUT2D eigenvalue weighted by molar-refractivity contribution is -0.172. The first-order valence-electron chi connectivity index (χ1n) is 6.32. The van der Waals surface area contributed by atoms with Gasteiger partial charge in [-0.2, -0.15) is 0 Å². The van der Waals surface area contributed by atoms with E-state index in [0.29, 0.717) is 5.75 Å². The summed E-state index contributed by atoms with van der Waals surface area (Å²) >= 11 is 0. The number of benzene rings is 1. The first-order valence-corrected chi connectivity index (χ1v) is 6.32. The van der Waals surface area contributed by atoms with Crippen molar-refractivity contribution in [3.8, 4) is 11.5 Å². The second-order valence-corrected chi connectivity index (χ2v) is 4.63. The highest BCUT2D eigenvalue weighted by Crippen LogP contribution is 2.46. The number of aliphatic hydroxyl groups is 1. The summed E-state index contributed by atoms with van der Waals surface area (Å²) in [5.41, 5.74) is -1.85. The van der Waals surface area contributed by atoms with Crippen molar-refractivity contribution in [2.75, 3.05) is 14.2 Å². The van der Waals surface area contributed by atoms with Crippen LogP contribution >= 0.6 is 0 Å². The van der Waals surface area contributed by atoms with Crippen LogP contribution in [0.5, 0.6) is 11.5 Å². The van der Waals surface area contributed by atoms with Crippen LogP contribution in [-0.2, 0) is 9.53 Å². The van der Waals surface area contributed by atoms with E-state index in [9.17, 15) is 19.8 Å². The summed E-state index contributed by atoms with van der Waals surface area (Å²) in [5, 5.41) is 19.5. The summed E-state index contributed by atoms with van der Waals surface area (Å²) in [7, 11) is 2.78. The van der Waals surface area contributed by atoms with Gasteiger partial charge in [-0.3, -0.25) is 0 Å². The first-order chi connectivity index (χ1) is 9.90. The number of esters is 1. The van der Waals surface area contributed by atoms with E-state index in [0.717, 1.165) is 0 Å². The second-order valence-electron chi connectivity index (χ2n) is 4.63. The van der Waals surface area contributed by atoms with E-state index in [4.69, 9.17) is 14.2 Å². The summed E-state index contributed by atoms with van der Waals surface area (Å²) < 4.78 is 15.3. The van der Waals surface area contributed by atoms with Gasteiger partial charge in [-0.25, -0.2) is 9.59 Å². The van der Waals surface area contributed by atoms with Gasteiger partial charge in [0.1, 0.15) is 5.56 Å². The summed E-state index contributed by atoms with van der Waals surface area (Å²) in [6, 6.07) is 3.03. The SMILES string of the molecule is CC[C@@](O)(C(=O)O)[C@@H]1OC(=O)c2c1ccc(OC)c2OC. The quantitative estimate of drug-likeness (QED) is 0.785. The molecule has 0 bridgehead atoms. The molecule has 2 atom stereocenters. The number of carbonyl (C=O) groups excluding carboxylic acids is 1. The third-order valence-electron chi connectivity index (χ3n) is 3.63. The van der Waals surface area contributed by atoms with Crippen LogP contribution < -0.4 is 9.47 Å². The van der Waals surface area contributed by atoms with Crippen molar-refractivity contribution < 1.29 is 34.0 Å². The van der Waals surface area contributed by atoms with Crippen molar-refractivity contribution in [1.29, 1.82) is 0 Å². The molecule has 1 aliphatic rings. The number of carboxylic acids is 1. The molecule has 0 saturated carbocycles. The number of rotatable bonds is 5. The average molecular weight is 296 g/mol. The topological polar surface area (TPSA) is 102 Å². The van der Waals surface area contributed by atoms with Crippen LogP contribution in [0.15, 0.2) is 12.1 Å². The summed E-state index contributed by atoms with van der Waals surface area (Å²) in [5.74, 6) is -1.72. The number of aliphatic carboxylic acids is 1. The van der Waals surface area contributed by atoms with Gasteiger partial charge in [0.15, 0.2) is 17.6 Å². The molecule has 1 aromatic rings. The Morgan fingerprint density at radius 3 is 2.52 bits per heavy atom. The van der Waals surface area contributed by atoms with Gasteiger partial charge >= 0.3 is 11.9 Å². The fourth-order valence-corrected chi connectivity index (χ4v) is 2.40. The molecule has 0 aromatic heterocycles. The molecule has 7 nitrogen and oxygen atoms in total. The van der Waals surface area contributed by atoms with Crippen molar-refractivity contribution in [1.82, 2.24) is 0 Å². The Hall–Kier alpha value is -2.28. The zero-order chi connectivity index (χ0) is 15.8. The van der Waals surface area contributed by atoms with Gasteiger partial charge in [0, 0.05) is 5.56 Å². The number of carboxylic acid groups (broad SMARTS) is 1. The van der Waals surface area contributed by atoms with Crippen LogP contribution in [0, 0.1) is 0 Å². The summed E-state index contributed by atoms with van der Waals surface area (Å²) in [4.78, 5) is 23.4. The van der Waals surface area contributed by atoms with E-state index in [1.807, 2.05) is 0 Å². The standard InChI is InChI=1S/C14H16O7/c1-4-14(18,13(16)17)11-7-5-6-8(19-2)10(20-3)9(7)12(15)21-11/h5-6,11,18H,4H2,1-3H3,(H,16,17)/t11-,14+/m1/s1. The van der Waals surface area contributed by atoms with Crippen LogP contribution in [0.4, 0.5) is 0 Å². The third-order valence-corrected chi connectivity index (χ3v) is 3.63. The molecule has 0 fully saturated rings. The molecule has 0 aliphatic carbocycles. The lowest BCUT2D eigenvalue weighted by Crippen LogP contribution is -2.44. The molecular formula is C14H16O7. The predicted octanol–water partition coefficient (Wildman–Crippen LogP) is 1.14. The monoisotopic (exact) mass is 296 g/mol. The maximum absolute atomic E-state index is 12.0. The highest BCUT2D eigenvalue weighted by atomic mass is 16.6. The van der Waals surface area contributed by atoms with Gasteiger partial charge < -0.3 is 24.4 Å². The molecule has 2 rings (SSSR count). The molecule has 7 heteroatoms. The van der Waals surface area contributed by atoms with Crippen molar-refractivity contribution in [2.24, 2.45) is 0 Å². The van der Waals surface area contributed by atoms with Crippen LogP contribution in [-0.4, -0.2) is 42.0 Å². The molecular weight excluding hydrogens is 280 g/mol. The smallest absolute Gasteiger partial charge is 0.343 e. The lowest BCUT2D eigenvalue weighted by atomic mass is 9.87. The minimum absolute atomic E-state index is 0.0787. The number of hydrogen-bond acceptors (Lipinski definition) is 6. The van der Waals surface area contributed by atoms with Crippen LogP contribution in [0.3, 0.4) is 0 Å². The van der Waals surface area contributed by atoms with E-state index in [-0.39, 0.29) is 23.3 Å². The molecule has 0 unspecified atom stereocenters. The molecule has 2 N–H and O–H groups in total. The Kier molecular flexibility index (Phi) is 3.78. The van der Waals surface area contributed by atoms with E-state index in [2.05, 4.69) is 0 Å². The van der Waals surface area contributed by atoms with Gasteiger partial charge in [0.2, 0.25) is 5.60 Å². The van der Waals surface area contributed by atoms with E-state index in [1.54, 1.807) is 0 Å². The molecule has 1 aromatic carbocycles. The molecule has 0 saturated heterocycles. The summed E-state index contributed by atoms with van der Waals surface area (Å²) in [6.45, 7) is 1.50. The molecule has 1 heterocycles. The van der Waals surface area contributed by atoms with Gasteiger partial charge in [-0.05, 0) is 12.5 Å². The number of hydrogen-bond donors (Lipinski definition) is 2. The van der Waals surface area contributed by atoms with Gasteiger partial charge in [0.05, 0.1) is 14.2 Å². The van der Waals surface area contributed by atoms with E-state index in [1.165, 1.54) is 33.3 Å². The average Bonchev–Trinajstić information content (AvgIpc) is 2.82. The zero-order valence-corrected chi connectivity index (χ0v) is 11.9. The lowest BCUT2D eigenvalue weighted by Gasteiger charge is -2.27. The fraction of sp³-hybridized carbons (Fsp3) is 0.429. The largest absolute Gasteiger partial charge is 0.493 e. The van der Waals surface area contributed by atoms with Gasteiger partial charge in [0.25, 0.3) is 0 Å². The van der Waals surface area contributed by atoms with E-state index < -0.39 is 23.6 Å². The maximum Gasteiger partial charge on any atom is 0.343 e. The predicted molar refractivity (Wildman–Crippen MR) is 70.6 cm³/mol. The highest BCUT2D eigenvalue weighted by Gasteiger charge is 2.52. The first kappa shape index (κ1) is 15.1. The van der Waals surface area contributed by atoms with Crippen molar-refractivity contribution in [3.05, 3.63) is 23.3 Å². The Morgan fingerprint density at radius 2 is 2.05 bits per heavy atom. The molecule has 0 amide bonds. The van der Waals surface area contributed by atoms with Crippen LogP contribution in [0.25, 0.3) is 0 Å². The third kappa shape index (κ3) is 2.09. The fourth-order valence-electron chi connectivity index (χ4n) is 2.40. The van der Waals surface area contributed by atoms with Crippen LogP contribution in [0.1, 0.15) is 35.4 Å². The maximum atomic E-state index is 12.0. The molecule has 1 aliphatic heterocycles. The Balaban J connectivity index is 2.62. The highest BCUT2D eigenvalue weighted by molar-refractivity contribution is 5.99. The minimum Gasteiger partial charge on any atom is -0.493 e. The van der Waals surface area contributed by atoms with Gasteiger partial charge in [-0.1, -0.05) is 13.0 Å². The van der Waals surface area contributed by atoms with Crippen LogP contribution in [0.2, 0.25) is 0 Å². The van der Waals surface area contributed by atoms with Crippen molar-refractivity contribution in [2.45, 2.75) is 25.0 Å².